The normalized spacial score (nSPS) is 39.1. The van der Waals surface area contributed by atoms with Gasteiger partial charge in [0.2, 0.25) is 0 Å². The lowest BCUT2D eigenvalue weighted by molar-refractivity contribution is -0.286. The Hall–Kier alpha value is -2.34. The van der Waals surface area contributed by atoms with E-state index in [4.69, 9.17) is 28.4 Å². The maximum atomic E-state index is 14.5. The van der Waals surface area contributed by atoms with Gasteiger partial charge in [0.05, 0.1) is 30.5 Å². The van der Waals surface area contributed by atoms with Crippen molar-refractivity contribution in [3.05, 3.63) is 48.0 Å². The molecule has 5 aliphatic carbocycles. The number of rotatable bonds is 23. The molecule has 1 saturated heterocycles. The molecule has 0 amide bonds. The number of esters is 2. The van der Waals surface area contributed by atoms with E-state index >= 15 is 0 Å². The third-order valence-corrected chi connectivity index (χ3v) is 16.3. The highest BCUT2D eigenvalue weighted by Gasteiger charge is 2.89. The Morgan fingerprint density at radius 1 is 0.831 bits per heavy atom. The third kappa shape index (κ3) is 7.66. The number of hydrogen-bond donors (Lipinski definition) is 1. The summed E-state index contributed by atoms with van der Waals surface area (Å²) in [5.41, 5.74) is -2.94. The molecule has 6 fully saturated rings. The standard InChI is InChI=1S/C49H75NO9/c1-7-8-9-10-11-12-13-14-15-16-17-18-19-20-24-27-38(51)59-48-31-37(56-5)47(53)30-35(39(48)44(47)58-45(52)34-25-22-21-23-26-34)49-36(55-4)28-29-46(33-54-3)32-50(2)43(49)40(48)41(57-6)42(46)49/h14-15,21-23,25-26,35-37,39-44,53H,7-13,16-20,24,27-33H2,1-6H3/b15-14-/t35-,36+,37+,39-,40+,41+,42-,43-,44-,46+,47-,48-,49+/m1/s1. The molecule has 0 aromatic heterocycles. The Balaban J connectivity index is 1.13. The first-order valence-corrected chi connectivity index (χ1v) is 23.3. The number of aliphatic hydroxyl groups is 1. The second kappa shape index (κ2) is 19.0. The van der Waals surface area contributed by atoms with Gasteiger partial charge in [0.25, 0.3) is 0 Å². The van der Waals surface area contributed by atoms with Crippen LogP contribution in [0.15, 0.2) is 42.5 Å². The molecule has 10 heteroatoms. The number of likely N-dealkylation sites (tertiary alicyclic amines) is 1. The molecular weight excluding hydrogens is 747 g/mol. The van der Waals surface area contributed by atoms with Crippen molar-refractivity contribution in [1.82, 2.24) is 4.90 Å². The zero-order valence-corrected chi connectivity index (χ0v) is 37.0. The Morgan fingerprint density at radius 3 is 2.14 bits per heavy atom. The summed E-state index contributed by atoms with van der Waals surface area (Å²) in [5.74, 6) is -1.73. The van der Waals surface area contributed by atoms with Gasteiger partial charge >= 0.3 is 11.9 Å². The number of piperidine rings is 1. The van der Waals surface area contributed by atoms with Gasteiger partial charge in [-0.3, -0.25) is 4.79 Å². The van der Waals surface area contributed by atoms with E-state index in [0.29, 0.717) is 31.4 Å². The molecule has 1 aromatic carbocycles. The fourth-order valence-corrected chi connectivity index (χ4v) is 14.5. The maximum Gasteiger partial charge on any atom is 0.338 e. The topological polar surface area (TPSA) is 113 Å². The summed E-state index contributed by atoms with van der Waals surface area (Å²) >= 11 is 0. The minimum atomic E-state index is -1.50. The summed E-state index contributed by atoms with van der Waals surface area (Å²) < 4.78 is 39.3. The van der Waals surface area contributed by atoms with Crippen molar-refractivity contribution in [1.29, 1.82) is 0 Å². The van der Waals surface area contributed by atoms with Gasteiger partial charge in [0, 0.05) is 82.5 Å². The van der Waals surface area contributed by atoms with Crippen LogP contribution in [0.5, 0.6) is 0 Å². The number of unbranched alkanes of at least 4 members (excludes halogenated alkanes) is 11. The number of hydrogen-bond acceptors (Lipinski definition) is 10. The van der Waals surface area contributed by atoms with Gasteiger partial charge in [-0.2, -0.15) is 0 Å². The van der Waals surface area contributed by atoms with Crippen LogP contribution in [-0.2, 0) is 33.2 Å². The van der Waals surface area contributed by atoms with Crippen molar-refractivity contribution < 1.29 is 43.1 Å². The Morgan fingerprint density at radius 2 is 1.49 bits per heavy atom. The highest BCUT2D eigenvalue weighted by atomic mass is 16.6. The highest BCUT2D eigenvalue weighted by molar-refractivity contribution is 5.89. The molecule has 7 rings (SSSR count). The van der Waals surface area contributed by atoms with Gasteiger partial charge < -0.3 is 38.4 Å². The molecular formula is C49H75NO9. The number of methoxy groups -OCH3 is 4. The second-order valence-electron chi connectivity index (χ2n) is 19.3. The molecule has 330 valence electrons. The van der Waals surface area contributed by atoms with E-state index in [-0.39, 0.29) is 47.4 Å². The number of allylic oxidation sites excluding steroid dienone is 2. The van der Waals surface area contributed by atoms with Gasteiger partial charge in [-0.05, 0) is 76.5 Å². The van der Waals surface area contributed by atoms with E-state index in [1.54, 1.807) is 33.5 Å². The molecule has 6 aliphatic rings. The number of ether oxygens (including phenoxy) is 6. The molecule has 1 spiro atoms. The predicted molar refractivity (Wildman–Crippen MR) is 227 cm³/mol. The number of fused-ring (bicyclic) bond motifs is 2. The zero-order chi connectivity index (χ0) is 41.8. The molecule has 5 saturated carbocycles. The monoisotopic (exact) mass is 822 g/mol. The van der Waals surface area contributed by atoms with E-state index in [2.05, 4.69) is 31.0 Å². The summed E-state index contributed by atoms with van der Waals surface area (Å²) in [6.07, 6.45) is 20.7. The van der Waals surface area contributed by atoms with Crippen LogP contribution in [0.4, 0.5) is 0 Å². The molecule has 1 heterocycles. The number of benzene rings is 1. The summed E-state index contributed by atoms with van der Waals surface area (Å²) in [6.45, 7) is 3.65. The van der Waals surface area contributed by atoms with E-state index in [9.17, 15) is 14.7 Å². The SMILES string of the molecule is CCCCCCCC/C=C\CCCCCCCC(=O)O[C@]12C[C@H](OC)[C@]3(O)C[C@H]([C@@H]1[C@H]3OC(=O)c1ccccc1)[C@@]13[C@@H](OC)CC[C@@]4(COC)CN(C)[C@@H]1[C@@H]2[C@H](OC)[C@H]43. The van der Waals surface area contributed by atoms with Crippen LogP contribution in [0.3, 0.4) is 0 Å². The molecule has 7 bridgehead atoms. The first-order chi connectivity index (χ1) is 28.6. The highest BCUT2D eigenvalue weighted by Crippen LogP contribution is 2.80. The lowest BCUT2D eigenvalue weighted by Gasteiger charge is -2.69. The van der Waals surface area contributed by atoms with Gasteiger partial charge in [-0.15, -0.1) is 0 Å². The summed E-state index contributed by atoms with van der Waals surface area (Å²) in [4.78, 5) is 31.0. The first-order valence-electron chi connectivity index (χ1n) is 23.3. The molecule has 1 aliphatic heterocycles. The van der Waals surface area contributed by atoms with Crippen LogP contribution in [0.2, 0.25) is 0 Å². The summed E-state index contributed by atoms with van der Waals surface area (Å²) in [5, 5.41) is 13.0. The molecule has 13 atom stereocenters. The molecule has 1 aromatic rings. The minimum Gasteiger partial charge on any atom is -0.458 e. The Bertz CT molecular complexity index is 1590. The number of nitrogens with zero attached hydrogens (tertiary/aromatic N) is 1. The second-order valence-corrected chi connectivity index (χ2v) is 19.3. The van der Waals surface area contributed by atoms with E-state index in [1.165, 1.54) is 51.4 Å². The van der Waals surface area contributed by atoms with Crippen molar-refractivity contribution in [2.45, 2.75) is 164 Å². The summed E-state index contributed by atoms with van der Waals surface area (Å²) in [6, 6.07) is 8.89. The van der Waals surface area contributed by atoms with Gasteiger partial charge in [0.1, 0.15) is 17.3 Å². The molecule has 1 N–H and O–H groups in total. The van der Waals surface area contributed by atoms with Gasteiger partial charge in [-0.1, -0.05) is 88.6 Å². The summed E-state index contributed by atoms with van der Waals surface area (Å²) in [7, 11) is 9.19. The molecule has 59 heavy (non-hydrogen) atoms. The number of carbonyl (C=O) groups is 2. The van der Waals surface area contributed by atoms with Crippen molar-refractivity contribution in [3.63, 3.8) is 0 Å². The zero-order valence-electron chi connectivity index (χ0n) is 37.0. The quantitative estimate of drug-likeness (QED) is 0.0657. The average molecular weight is 822 g/mol. The molecule has 0 radical (unpaired) electrons. The van der Waals surface area contributed by atoms with Crippen LogP contribution in [0.1, 0.15) is 133 Å². The molecule has 0 unspecified atom stereocenters. The van der Waals surface area contributed by atoms with Gasteiger partial charge in [-0.25, -0.2) is 4.79 Å². The van der Waals surface area contributed by atoms with E-state index < -0.39 is 40.7 Å². The smallest absolute Gasteiger partial charge is 0.338 e. The number of carbonyl (C=O) groups excluding carboxylic acids is 2. The lowest BCUT2D eigenvalue weighted by Crippen LogP contribution is -2.77. The van der Waals surface area contributed by atoms with Crippen LogP contribution >= 0.6 is 0 Å². The Kier molecular flexibility index (Phi) is 14.4. The van der Waals surface area contributed by atoms with Crippen LogP contribution < -0.4 is 0 Å². The van der Waals surface area contributed by atoms with E-state index in [0.717, 1.165) is 51.5 Å². The molecule has 10 nitrogen and oxygen atoms in total. The van der Waals surface area contributed by atoms with Crippen molar-refractivity contribution in [2.75, 3.05) is 48.6 Å². The van der Waals surface area contributed by atoms with Crippen molar-refractivity contribution in [3.8, 4) is 0 Å². The third-order valence-electron chi connectivity index (χ3n) is 16.3. The lowest BCUT2D eigenvalue weighted by atomic mass is 9.43. The van der Waals surface area contributed by atoms with Crippen molar-refractivity contribution >= 4 is 11.9 Å². The van der Waals surface area contributed by atoms with Crippen LogP contribution in [0.25, 0.3) is 0 Å². The predicted octanol–water partition coefficient (Wildman–Crippen LogP) is 8.33. The maximum absolute atomic E-state index is 14.5. The van der Waals surface area contributed by atoms with Crippen molar-refractivity contribution in [2.24, 2.45) is 34.5 Å². The van der Waals surface area contributed by atoms with Crippen LogP contribution in [-0.4, -0.2) is 112 Å². The first kappa shape index (κ1) is 44.7. The van der Waals surface area contributed by atoms with Gasteiger partial charge in [0.15, 0.2) is 0 Å². The van der Waals surface area contributed by atoms with E-state index in [1.807, 2.05) is 25.3 Å². The Labute approximate surface area is 354 Å². The van der Waals surface area contributed by atoms with Crippen LogP contribution in [0, 0.1) is 34.5 Å². The fraction of sp³-hybridized carbons (Fsp3) is 0.796. The largest absolute Gasteiger partial charge is 0.458 e. The fourth-order valence-electron chi connectivity index (χ4n) is 14.5. The minimum absolute atomic E-state index is 0.00948. The average Bonchev–Trinajstić information content (AvgIpc) is 3.63.